The zero-order valence-electron chi connectivity index (χ0n) is 13.1. The standard InChI is InChI=1S/C16H18F3N5/c17-16(18,19)12-9-24-8-10(1-4-14(24)22-12)7-21-13-5-6-20-15(23-13)11-2-3-11/h5-6,9-11H,1-4,7-8H2,(H,20,21,23). The van der Waals surface area contributed by atoms with E-state index in [0.717, 1.165) is 37.1 Å². The Morgan fingerprint density at radius 3 is 2.79 bits per heavy atom. The maximum Gasteiger partial charge on any atom is 0.434 e. The van der Waals surface area contributed by atoms with Gasteiger partial charge in [-0.15, -0.1) is 0 Å². The quantitative estimate of drug-likeness (QED) is 0.930. The van der Waals surface area contributed by atoms with Gasteiger partial charge in [-0.25, -0.2) is 15.0 Å². The van der Waals surface area contributed by atoms with E-state index in [4.69, 9.17) is 0 Å². The summed E-state index contributed by atoms with van der Waals surface area (Å²) in [6.45, 7) is 1.23. The van der Waals surface area contributed by atoms with E-state index >= 15 is 0 Å². The van der Waals surface area contributed by atoms with E-state index in [9.17, 15) is 13.2 Å². The van der Waals surface area contributed by atoms with Crippen LogP contribution in [0.5, 0.6) is 0 Å². The molecule has 1 N–H and O–H groups in total. The summed E-state index contributed by atoms with van der Waals surface area (Å²) in [6, 6.07) is 1.83. The predicted molar refractivity (Wildman–Crippen MR) is 81.5 cm³/mol. The highest BCUT2D eigenvalue weighted by Crippen LogP contribution is 2.38. The zero-order valence-corrected chi connectivity index (χ0v) is 13.1. The van der Waals surface area contributed by atoms with Crippen LogP contribution in [0.25, 0.3) is 0 Å². The van der Waals surface area contributed by atoms with Gasteiger partial charge in [-0.05, 0) is 31.2 Å². The minimum Gasteiger partial charge on any atom is -0.370 e. The van der Waals surface area contributed by atoms with E-state index in [1.165, 1.54) is 0 Å². The lowest BCUT2D eigenvalue weighted by atomic mass is 9.99. The Balaban J connectivity index is 1.38. The van der Waals surface area contributed by atoms with Gasteiger partial charge in [-0.2, -0.15) is 13.2 Å². The van der Waals surface area contributed by atoms with Crippen molar-refractivity contribution in [1.82, 2.24) is 19.5 Å². The molecule has 1 atom stereocenters. The largest absolute Gasteiger partial charge is 0.434 e. The van der Waals surface area contributed by atoms with Gasteiger partial charge in [-0.3, -0.25) is 0 Å². The summed E-state index contributed by atoms with van der Waals surface area (Å²) in [5.41, 5.74) is -0.795. The molecular formula is C16H18F3N5. The average Bonchev–Trinajstić information content (AvgIpc) is 3.31. The molecule has 2 aromatic rings. The van der Waals surface area contributed by atoms with Crippen LogP contribution >= 0.6 is 0 Å². The number of nitrogens with zero attached hydrogens (tertiary/aromatic N) is 4. The summed E-state index contributed by atoms with van der Waals surface area (Å²) in [5, 5.41) is 3.30. The molecule has 1 fully saturated rings. The highest BCUT2D eigenvalue weighted by atomic mass is 19.4. The molecule has 2 aliphatic rings. The van der Waals surface area contributed by atoms with Crippen LogP contribution in [0.15, 0.2) is 18.5 Å². The highest BCUT2D eigenvalue weighted by Gasteiger charge is 2.35. The van der Waals surface area contributed by atoms with E-state index < -0.39 is 11.9 Å². The first-order chi connectivity index (χ1) is 11.5. The zero-order chi connectivity index (χ0) is 16.7. The molecule has 0 amide bonds. The van der Waals surface area contributed by atoms with Crippen LogP contribution in [0.2, 0.25) is 0 Å². The van der Waals surface area contributed by atoms with Crippen LogP contribution in [0.1, 0.15) is 42.5 Å². The van der Waals surface area contributed by atoms with E-state index in [0.29, 0.717) is 31.3 Å². The summed E-state index contributed by atoms with van der Waals surface area (Å²) in [4.78, 5) is 12.5. The van der Waals surface area contributed by atoms with E-state index in [1.54, 1.807) is 10.8 Å². The van der Waals surface area contributed by atoms with Crippen LogP contribution in [0, 0.1) is 5.92 Å². The normalized spacial score (nSPS) is 20.7. The molecule has 128 valence electrons. The number of nitrogens with one attached hydrogen (secondary N) is 1. The van der Waals surface area contributed by atoms with Crippen LogP contribution < -0.4 is 5.32 Å². The Labute approximate surface area is 137 Å². The van der Waals surface area contributed by atoms with Crippen molar-refractivity contribution in [2.75, 3.05) is 11.9 Å². The fourth-order valence-corrected chi connectivity index (χ4v) is 3.08. The minimum absolute atomic E-state index is 0.257. The maximum absolute atomic E-state index is 12.7. The third-order valence-electron chi connectivity index (χ3n) is 4.57. The number of imidazole rings is 1. The SMILES string of the molecule is FC(F)(F)c1cn2c(n1)CCC(CNc1ccnc(C3CC3)n1)C2. The smallest absolute Gasteiger partial charge is 0.370 e. The van der Waals surface area contributed by atoms with Crippen LogP contribution in [-0.4, -0.2) is 26.1 Å². The third kappa shape index (κ3) is 3.22. The molecule has 8 heteroatoms. The predicted octanol–water partition coefficient (Wildman–Crippen LogP) is 3.24. The Morgan fingerprint density at radius 1 is 1.21 bits per heavy atom. The van der Waals surface area contributed by atoms with Crippen LogP contribution in [0.4, 0.5) is 19.0 Å². The molecule has 0 spiro atoms. The summed E-state index contributed by atoms with van der Waals surface area (Å²) in [6.07, 6.45) is 2.19. The third-order valence-corrected chi connectivity index (χ3v) is 4.57. The first kappa shape index (κ1) is 15.4. The lowest BCUT2D eigenvalue weighted by molar-refractivity contribution is -0.141. The number of halogens is 3. The van der Waals surface area contributed by atoms with Gasteiger partial charge in [-0.1, -0.05) is 0 Å². The molecular weight excluding hydrogens is 319 g/mol. The summed E-state index contributed by atoms with van der Waals surface area (Å²) in [7, 11) is 0. The second kappa shape index (κ2) is 5.75. The van der Waals surface area contributed by atoms with E-state index in [2.05, 4.69) is 20.3 Å². The Kier molecular flexibility index (Phi) is 3.69. The lowest BCUT2D eigenvalue weighted by Crippen LogP contribution is -2.26. The molecule has 0 bridgehead atoms. The summed E-state index contributed by atoms with van der Waals surface area (Å²) < 4.78 is 39.9. The van der Waals surface area contributed by atoms with Crippen LogP contribution in [0.3, 0.4) is 0 Å². The van der Waals surface area contributed by atoms with Gasteiger partial charge in [0.1, 0.15) is 17.5 Å². The lowest BCUT2D eigenvalue weighted by Gasteiger charge is -2.24. The van der Waals surface area contributed by atoms with E-state index in [1.807, 2.05) is 6.07 Å². The van der Waals surface area contributed by atoms with E-state index in [-0.39, 0.29) is 5.92 Å². The number of hydrogen-bond donors (Lipinski definition) is 1. The van der Waals surface area contributed by atoms with Crippen molar-refractivity contribution in [3.63, 3.8) is 0 Å². The van der Waals surface area contributed by atoms with Crippen molar-refractivity contribution in [3.8, 4) is 0 Å². The number of rotatable bonds is 4. The van der Waals surface area contributed by atoms with Crippen LogP contribution in [-0.2, 0) is 19.1 Å². The second-order valence-electron chi connectivity index (χ2n) is 6.55. The molecule has 4 rings (SSSR count). The first-order valence-corrected chi connectivity index (χ1v) is 8.19. The second-order valence-corrected chi connectivity index (χ2v) is 6.55. The van der Waals surface area contributed by atoms with Gasteiger partial charge in [0, 0.05) is 37.8 Å². The van der Waals surface area contributed by atoms with Gasteiger partial charge in [0.25, 0.3) is 0 Å². The van der Waals surface area contributed by atoms with Gasteiger partial charge in [0.15, 0.2) is 5.69 Å². The monoisotopic (exact) mass is 337 g/mol. The van der Waals surface area contributed by atoms with Gasteiger partial charge in [0.2, 0.25) is 0 Å². The molecule has 0 aromatic carbocycles. The maximum atomic E-state index is 12.7. The number of anilines is 1. The number of fused-ring (bicyclic) bond motifs is 1. The molecule has 1 aliphatic carbocycles. The minimum atomic E-state index is -4.38. The number of aromatic nitrogens is 4. The molecule has 3 heterocycles. The van der Waals surface area contributed by atoms with Crippen molar-refractivity contribution in [2.24, 2.45) is 5.92 Å². The van der Waals surface area contributed by atoms with Crippen molar-refractivity contribution >= 4 is 5.82 Å². The molecule has 5 nitrogen and oxygen atoms in total. The summed E-state index contributed by atoms with van der Waals surface area (Å²) >= 11 is 0. The first-order valence-electron chi connectivity index (χ1n) is 8.19. The van der Waals surface area contributed by atoms with Crippen molar-refractivity contribution < 1.29 is 13.2 Å². The number of hydrogen-bond acceptors (Lipinski definition) is 4. The van der Waals surface area contributed by atoms with Crippen molar-refractivity contribution in [3.05, 3.63) is 35.8 Å². The molecule has 2 aromatic heterocycles. The fourth-order valence-electron chi connectivity index (χ4n) is 3.08. The molecule has 1 saturated carbocycles. The number of aryl methyl sites for hydroxylation is 1. The van der Waals surface area contributed by atoms with Gasteiger partial charge >= 0.3 is 6.18 Å². The molecule has 1 aliphatic heterocycles. The molecule has 1 unspecified atom stereocenters. The summed E-state index contributed by atoms with van der Waals surface area (Å²) in [5.74, 6) is 2.95. The Hall–Kier alpha value is -2.12. The topological polar surface area (TPSA) is 55.6 Å². The Morgan fingerprint density at radius 2 is 2.04 bits per heavy atom. The van der Waals surface area contributed by atoms with Crippen molar-refractivity contribution in [2.45, 2.75) is 44.3 Å². The van der Waals surface area contributed by atoms with Crippen molar-refractivity contribution in [1.29, 1.82) is 0 Å². The number of alkyl halides is 3. The molecule has 0 radical (unpaired) electrons. The fraction of sp³-hybridized carbons (Fsp3) is 0.562. The molecule has 0 saturated heterocycles. The average molecular weight is 337 g/mol. The molecule has 24 heavy (non-hydrogen) atoms. The van der Waals surface area contributed by atoms with Gasteiger partial charge in [0.05, 0.1) is 0 Å². The van der Waals surface area contributed by atoms with Gasteiger partial charge < -0.3 is 9.88 Å². The highest BCUT2D eigenvalue weighted by molar-refractivity contribution is 5.34. The Bertz CT molecular complexity index is 736.